The van der Waals surface area contributed by atoms with Gasteiger partial charge in [-0.05, 0) is 43.3 Å². The molecule has 1 aliphatic rings. The molecular weight excluding hydrogens is 324 g/mol. The lowest BCUT2D eigenvalue weighted by Crippen LogP contribution is -2.35. The number of nitrogens with zero attached hydrogens (tertiary/aromatic N) is 1. The van der Waals surface area contributed by atoms with E-state index >= 15 is 0 Å². The van der Waals surface area contributed by atoms with Gasteiger partial charge in [0, 0.05) is 28.9 Å². The smallest absolute Gasteiger partial charge is 0.269 e. The fraction of sp³-hybridized carbons (Fsp3) is 0.167. The van der Waals surface area contributed by atoms with E-state index in [1.165, 1.54) is 24.3 Å². The van der Waals surface area contributed by atoms with E-state index in [1.807, 2.05) is 6.08 Å². The predicted molar refractivity (Wildman–Crippen MR) is 92.6 cm³/mol. The van der Waals surface area contributed by atoms with Gasteiger partial charge >= 0.3 is 0 Å². The first-order valence-corrected chi connectivity index (χ1v) is 7.59. The van der Waals surface area contributed by atoms with Crippen LogP contribution in [0.4, 0.5) is 11.4 Å². The van der Waals surface area contributed by atoms with Crippen molar-refractivity contribution < 1.29 is 19.6 Å². The summed E-state index contributed by atoms with van der Waals surface area (Å²) in [5.41, 5.74) is 0.856. The second kappa shape index (κ2) is 6.37. The highest BCUT2D eigenvalue weighted by atomic mass is 16.6. The first kappa shape index (κ1) is 16.7. The fourth-order valence-electron chi connectivity index (χ4n) is 2.42. The molecule has 7 nitrogen and oxygen atoms in total. The van der Waals surface area contributed by atoms with Crippen LogP contribution in [0.1, 0.15) is 22.8 Å². The van der Waals surface area contributed by atoms with Gasteiger partial charge in [-0.25, -0.2) is 0 Å². The van der Waals surface area contributed by atoms with Crippen LogP contribution >= 0.6 is 0 Å². The minimum absolute atomic E-state index is 0.0699. The molecule has 2 aromatic rings. The molecule has 0 bridgehead atoms. The molecule has 1 unspecified atom stereocenters. The number of hydrogen-bond acceptors (Lipinski definition) is 5. The molecule has 1 aliphatic heterocycles. The summed E-state index contributed by atoms with van der Waals surface area (Å²) in [4.78, 5) is 22.4. The summed E-state index contributed by atoms with van der Waals surface area (Å²) in [5.74, 6) is 0.253. The first-order valence-electron chi connectivity index (χ1n) is 7.59. The summed E-state index contributed by atoms with van der Waals surface area (Å²) < 4.78 is 5.74. The maximum atomic E-state index is 12.2. The molecule has 0 aliphatic carbocycles. The van der Waals surface area contributed by atoms with Crippen LogP contribution in [-0.4, -0.2) is 28.1 Å². The molecule has 3 rings (SSSR count). The minimum atomic E-state index is -0.753. The summed E-state index contributed by atoms with van der Waals surface area (Å²) >= 11 is 0. The average molecular weight is 340 g/mol. The van der Waals surface area contributed by atoms with Crippen molar-refractivity contribution in [1.82, 2.24) is 0 Å². The number of nitro groups is 1. The van der Waals surface area contributed by atoms with Crippen LogP contribution in [0, 0.1) is 10.1 Å². The average Bonchev–Trinajstić information content (AvgIpc) is 2.62. The number of aliphatic hydroxyl groups is 1. The first-order chi connectivity index (χ1) is 11.9. The van der Waals surface area contributed by atoms with Crippen LogP contribution in [0.2, 0.25) is 0 Å². The van der Waals surface area contributed by atoms with Gasteiger partial charge in [-0.1, -0.05) is 6.08 Å². The SMILES string of the molecule is CC1(CO)C=Cc2cc(NC(=O)c3ccc([N+](=O)[O-])cc3)ccc2O1. The van der Waals surface area contributed by atoms with Gasteiger partial charge in [0.1, 0.15) is 11.4 Å². The van der Waals surface area contributed by atoms with E-state index in [1.54, 1.807) is 31.2 Å². The summed E-state index contributed by atoms with van der Waals surface area (Å²) in [7, 11) is 0. The summed E-state index contributed by atoms with van der Waals surface area (Å²) in [6, 6.07) is 10.6. The number of carbonyl (C=O) groups excluding carboxylic acids is 1. The zero-order valence-corrected chi connectivity index (χ0v) is 13.4. The van der Waals surface area contributed by atoms with Crippen molar-refractivity contribution in [1.29, 1.82) is 0 Å². The van der Waals surface area contributed by atoms with Crippen molar-refractivity contribution in [2.45, 2.75) is 12.5 Å². The third-order valence-electron chi connectivity index (χ3n) is 3.88. The molecule has 0 aromatic heterocycles. The van der Waals surface area contributed by atoms with E-state index in [0.29, 0.717) is 17.0 Å². The Morgan fingerprint density at radius 3 is 2.64 bits per heavy atom. The van der Waals surface area contributed by atoms with Crippen LogP contribution in [0.25, 0.3) is 6.08 Å². The third-order valence-corrected chi connectivity index (χ3v) is 3.88. The second-order valence-electron chi connectivity index (χ2n) is 5.92. The van der Waals surface area contributed by atoms with Crippen LogP contribution in [0.5, 0.6) is 5.75 Å². The van der Waals surface area contributed by atoms with E-state index in [9.17, 15) is 20.0 Å². The monoisotopic (exact) mass is 340 g/mol. The molecule has 1 atom stereocenters. The molecule has 2 aromatic carbocycles. The molecule has 0 saturated heterocycles. The Hall–Kier alpha value is -3.19. The van der Waals surface area contributed by atoms with Gasteiger partial charge in [-0.3, -0.25) is 14.9 Å². The van der Waals surface area contributed by atoms with Gasteiger partial charge in [0.05, 0.1) is 11.5 Å². The zero-order chi connectivity index (χ0) is 18.0. The molecule has 25 heavy (non-hydrogen) atoms. The number of anilines is 1. The van der Waals surface area contributed by atoms with E-state index < -0.39 is 10.5 Å². The number of aliphatic hydroxyl groups excluding tert-OH is 1. The van der Waals surface area contributed by atoms with Crippen molar-refractivity contribution in [3.05, 3.63) is 69.8 Å². The normalized spacial score (nSPS) is 18.2. The molecule has 0 radical (unpaired) electrons. The van der Waals surface area contributed by atoms with Gasteiger partial charge in [0.15, 0.2) is 0 Å². The van der Waals surface area contributed by atoms with Crippen molar-refractivity contribution in [2.24, 2.45) is 0 Å². The lowest BCUT2D eigenvalue weighted by atomic mass is 10.0. The number of benzene rings is 2. The Morgan fingerprint density at radius 2 is 2.00 bits per heavy atom. The van der Waals surface area contributed by atoms with Gasteiger partial charge in [-0.2, -0.15) is 0 Å². The third kappa shape index (κ3) is 3.51. The number of ether oxygens (including phenoxy) is 1. The standard InChI is InChI=1S/C18H16N2O5/c1-18(11-21)9-8-13-10-14(4-7-16(13)25-18)19-17(22)12-2-5-15(6-3-12)20(23)24/h2-10,21H,11H2,1H3,(H,19,22). The number of non-ortho nitro benzene ring substituents is 1. The second-order valence-corrected chi connectivity index (χ2v) is 5.92. The number of fused-ring (bicyclic) bond motifs is 1. The van der Waals surface area contributed by atoms with E-state index in [0.717, 1.165) is 5.56 Å². The van der Waals surface area contributed by atoms with Gasteiger partial charge < -0.3 is 15.2 Å². The van der Waals surface area contributed by atoms with Crippen molar-refractivity contribution >= 4 is 23.4 Å². The topological polar surface area (TPSA) is 102 Å². The predicted octanol–water partition coefficient (Wildman–Crippen LogP) is 3.00. The van der Waals surface area contributed by atoms with E-state index in [2.05, 4.69) is 5.32 Å². The molecule has 0 spiro atoms. The number of nitrogens with one attached hydrogen (secondary N) is 1. The van der Waals surface area contributed by atoms with Gasteiger partial charge in [0.25, 0.3) is 11.6 Å². The van der Waals surface area contributed by atoms with E-state index in [-0.39, 0.29) is 18.2 Å². The Bertz CT molecular complexity index is 860. The lowest BCUT2D eigenvalue weighted by Gasteiger charge is -2.29. The Morgan fingerprint density at radius 1 is 1.28 bits per heavy atom. The number of amides is 1. The van der Waals surface area contributed by atoms with Crippen LogP contribution < -0.4 is 10.1 Å². The Labute approximate surface area is 143 Å². The molecule has 128 valence electrons. The van der Waals surface area contributed by atoms with Crippen LogP contribution in [-0.2, 0) is 0 Å². The maximum Gasteiger partial charge on any atom is 0.269 e. The van der Waals surface area contributed by atoms with Crippen molar-refractivity contribution in [3.63, 3.8) is 0 Å². The summed E-state index contributed by atoms with van der Waals surface area (Å²) in [6.45, 7) is 1.64. The minimum Gasteiger partial charge on any atom is -0.480 e. The van der Waals surface area contributed by atoms with E-state index in [4.69, 9.17) is 4.74 Å². The van der Waals surface area contributed by atoms with Crippen LogP contribution in [0.15, 0.2) is 48.5 Å². The summed E-state index contributed by atoms with van der Waals surface area (Å²) in [5, 5.41) is 22.7. The van der Waals surface area contributed by atoms with Crippen LogP contribution in [0.3, 0.4) is 0 Å². The Kier molecular flexibility index (Phi) is 4.24. The fourth-order valence-corrected chi connectivity index (χ4v) is 2.42. The number of carbonyl (C=O) groups is 1. The van der Waals surface area contributed by atoms with Crippen molar-refractivity contribution in [2.75, 3.05) is 11.9 Å². The molecule has 1 amide bonds. The number of rotatable bonds is 4. The highest BCUT2D eigenvalue weighted by molar-refractivity contribution is 6.04. The molecule has 0 saturated carbocycles. The number of hydrogen-bond donors (Lipinski definition) is 2. The highest BCUT2D eigenvalue weighted by Crippen LogP contribution is 2.32. The van der Waals surface area contributed by atoms with Gasteiger partial charge in [-0.15, -0.1) is 0 Å². The number of nitro benzene ring substituents is 1. The molecule has 1 heterocycles. The van der Waals surface area contributed by atoms with Crippen molar-refractivity contribution in [3.8, 4) is 5.75 Å². The van der Waals surface area contributed by atoms with Gasteiger partial charge in [0.2, 0.25) is 0 Å². The molecule has 0 fully saturated rings. The molecular formula is C18H16N2O5. The maximum absolute atomic E-state index is 12.2. The zero-order valence-electron chi connectivity index (χ0n) is 13.4. The largest absolute Gasteiger partial charge is 0.480 e. The molecule has 2 N–H and O–H groups in total. The molecule has 7 heteroatoms. The highest BCUT2D eigenvalue weighted by Gasteiger charge is 2.26. The lowest BCUT2D eigenvalue weighted by molar-refractivity contribution is -0.384. The Balaban J connectivity index is 1.76. The quantitative estimate of drug-likeness (QED) is 0.658. The summed E-state index contributed by atoms with van der Waals surface area (Å²) in [6.07, 6.45) is 3.59.